The molecule has 6 aromatic rings. The van der Waals surface area contributed by atoms with Crippen molar-refractivity contribution in [1.29, 1.82) is 0 Å². The summed E-state index contributed by atoms with van der Waals surface area (Å²) in [5.74, 6) is 0. The van der Waals surface area contributed by atoms with E-state index in [0.717, 1.165) is 0 Å². The van der Waals surface area contributed by atoms with Crippen molar-refractivity contribution in [3.63, 3.8) is 0 Å². The van der Waals surface area contributed by atoms with Gasteiger partial charge >= 0.3 is 0 Å². The number of para-hydroxylation sites is 2. The number of fused-ring (bicyclic) bond motifs is 2. The van der Waals surface area contributed by atoms with Crippen LogP contribution in [0.4, 0.5) is 17.1 Å². The fourth-order valence-corrected chi connectivity index (χ4v) is 5.11. The minimum Gasteiger partial charge on any atom is -0.309 e. The third-order valence-electron chi connectivity index (χ3n) is 6.90. The van der Waals surface area contributed by atoms with E-state index < -0.39 is 0 Å². The van der Waals surface area contributed by atoms with E-state index in [1.807, 2.05) is 0 Å². The Balaban J connectivity index is 1.71. The lowest BCUT2D eigenvalue weighted by molar-refractivity contribution is 1.23. The summed E-state index contributed by atoms with van der Waals surface area (Å²) < 4.78 is 0. The largest absolute Gasteiger partial charge is 0.309 e. The molecule has 1 nitrogen and oxygen atoms in total. The Hall–Kier alpha value is -4.36. The summed E-state index contributed by atoms with van der Waals surface area (Å²) in [6.07, 6.45) is 0. The molecular weight excluding hydrogens is 422 g/mol. The molecule has 0 atom stereocenters. The lowest BCUT2D eigenvalue weighted by atomic mass is 9.93. The maximum atomic E-state index is 2.43. The average molecular weight is 450 g/mol. The van der Waals surface area contributed by atoms with Crippen molar-refractivity contribution >= 4 is 38.6 Å². The minimum atomic E-state index is 1.18. The second-order valence-corrected chi connectivity index (χ2v) is 9.15. The summed E-state index contributed by atoms with van der Waals surface area (Å²) in [4.78, 5) is 2.43. The second kappa shape index (κ2) is 8.77. The van der Waals surface area contributed by atoms with Crippen molar-refractivity contribution in [2.45, 2.75) is 13.8 Å². The van der Waals surface area contributed by atoms with Crippen LogP contribution in [-0.4, -0.2) is 0 Å². The van der Waals surface area contributed by atoms with Crippen molar-refractivity contribution in [1.82, 2.24) is 0 Å². The molecule has 0 heterocycles. The Morgan fingerprint density at radius 3 is 1.66 bits per heavy atom. The Labute approximate surface area is 206 Å². The lowest BCUT2D eigenvalue weighted by Crippen LogP contribution is -2.14. The molecule has 0 N–H and O–H groups in total. The molecule has 35 heavy (non-hydrogen) atoms. The molecule has 0 fully saturated rings. The summed E-state index contributed by atoms with van der Waals surface area (Å²) in [5, 5.41) is 5.01. The first-order valence-electron chi connectivity index (χ1n) is 12.1. The predicted octanol–water partition coefficient (Wildman–Crippen LogP) is 9.75. The molecule has 0 aliphatic heterocycles. The number of hydrogen-bond donors (Lipinski definition) is 0. The van der Waals surface area contributed by atoms with E-state index in [9.17, 15) is 0 Å². The van der Waals surface area contributed by atoms with Crippen LogP contribution in [0.15, 0.2) is 127 Å². The normalized spacial score (nSPS) is 11.1. The van der Waals surface area contributed by atoms with Gasteiger partial charge in [0.2, 0.25) is 0 Å². The molecule has 0 radical (unpaired) electrons. The third-order valence-corrected chi connectivity index (χ3v) is 6.90. The molecule has 1 heteroatoms. The maximum absolute atomic E-state index is 2.43. The molecule has 6 rings (SSSR count). The van der Waals surface area contributed by atoms with E-state index in [0.29, 0.717) is 0 Å². The van der Waals surface area contributed by atoms with Crippen molar-refractivity contribution in [2.75, 3.05) is 4.90 Å². The molecule has 0 aliphatic carbocycles. The average Bonchev–Trinajstić information content (AvgIpc) is 2.90. The molecule has 6 aromatic carbocycles. The molecule has 0 spiro atoms. The van der Waals surface area contributed by atoms with E-state index in [1.165, 1.54) is 60.9 Å². The predicted molar refractivity (Wildman–Crippen MR) is 151 cm³/mol. The molecule has 0 aliphatic rings. The zero-order chi connectivity index (χ0) is 23.8. The first kappa shape index (κ1) is 21.2. The summed E-state index contributed by atoms with van der Waals surface area (Å²) in [7, 11) is 0. The van der Waals surface area contributed by atoms with Gasteiger partial charge in [-0.15, -0.1) is 0 Å². The summed E-state index contributed by atoms with van der Waals surface area (Å²) in [5.41, 5.74) is 8.53. The number of hydrogen-bond acceptors (Lipinski definition) is 1. The van der Waals surface area contributed by atoms with Crippen molar-refractivity contribution in [3.05, 3.63) is 139 Å². The molecular formula is C34H27N. The molecule has 0 unspecified atom stereocenters. The lowest BCUT2D eigenvalue weighted by Gasteiger charge is -2.31. The molecule has 168 valence electrons. The zero-order valence-electron chi connectivity index (χ0n) is 20.1. The van der Waals surface area contributed by atoms with Gasteiger partial charge in [-0.1, -0.05) is 103 Å². The van der Waals surface area contributed by atoms with Crippen LogP contribution in [0.3, 0.4) is 0 Å². The van der Waals surface area contributed by atoms with E-state index in [-0.39, 0.29) is 0 Å². The summed E-state index contributed by atoms with van der Waals surface area (Å²) in [6.45, 7) is 4.38. The van der Waals surface area contributed by atoms with Gasteiger partial charge in [0.25, 0.3) is 0 Å². The van der Waals surface area contributed by atoms with Crippen molar-refractivity contribution in [3.8, 4) is 11.1 Å². The number of nitrogens with zero attached hydrogens (tertiary/aromatic N) is 1. The van der Waals surface area contributed by atoms with Crippen LogP contribution in [0.2, 0.25) is 0 Å². The summed E-state index contributed by atoms with van der Waals surface area (Å²) >= 11 is 0. The fraction of sp³-hybridized carbons (Fsp3) is 0.0588. The van der Waals surface area contributed by atoms with Gasteiger partial charge < -0.3 is 4.90 Å². The topological polar surface area (TPSA) is 3.24 Å². The highest BCUT2D eigenvalue weighted by Crippen LogP contribution is 2.46. The molecule has 0 bridgehead atoms. The third kappa shape index (κ3) is 3.76. The second-order valence-electron chi connectivity index (χ2n) is 9.15. The Morgan fingerprint density at radius 2 is 0.971 bits per heavy atom. The molecule has 0 saturated carbocycles. The van der Waals surface area contributed by atoms with Gasteiger partial charge in [-0.25, -0.2) is 0 Å². The van der Waals surface area contributed by atoms with Crippen LogP contribution in [0.1, 0.15) is 11.1 Å². The smallest absolute Gasteiger partial charge is 0.0546 e. The zero-order valence-corrected chi connectivity index (χ0v) is 20.1. The van der Waals surface area contributed by atoms with Crippen LogP contribution in [0.5, 0.6) is 0 Å². The van der Waals surface area contributed by atoms with Gasteiger partial charge in [0.05, 0.1) is 5.69 Å². The monoisotopic (exact) mass is 449 g/mol. The fourth-order valence-electron chi connectivity index (χ4n) is 5.11. The quantitative estimate of drug-likeness (QED) is 0.259. The standard InChI is InChI=1S/C34H27N/c1-24-11-3-9-17-31(24)35(32-18-10-4-12-25(32)2)33-22-21-27-14-7-8-16-30(27)34(33)29-20-19-26-13-5-6-15-28(26)23-29/h3-23H,1-2H3. The van der Waals surface area contributed by atoms with Crippen LogP contribution in [-0.2, 0) is 0 Å². The minimum absolute atomic E-state index is 1.18. The van der Waals surface area contributed by atoms with E-state index >= 15 is 0 Å². The number of aryl methyl sites for hydroxylation is 2. The first-order chi connectivity index (χ1) is 17.2. The van der Waals surface area contributed by atoms with E-state index in [2.05, 4.69) is 146 Å². The Bertz CT molecular complexity index is 1630. The van der Waals surface area contributed by atoms with Gasteiger partial charge in [0.1, 0.15) is 0 Å². The number of anilines is 3. The van der Waals surface area contributed by atoms with Crippen LogP contribution >= 0.6 is 0 Å². The first-order valence-corrected chi connectivity index (χ1v) is 12.1. The SMILES string of the molecule is Cc1ccccc1N(c1ccccc1C)c1ccc2ccccc2c1-c1ccc2ccccc2c1. The highest BCUT2D eigenvalue weighted by atomic mass is 15.1. The van der Waals surface area contributed by atoms with Crippen molar-refractivity contribution in [2.24, 2.45) is 0 Å². The van der Waals surface area contributed by atoms with Crippen LogP contribution in [0.25, 0.3) is 32.7 Å². The van der Waals surface area contributed by atoms with Gasteiger partial charge in [-0.2, -0.15) is 0 Å². The highest BCUT2D eigenvalue weighted by molar-refractivity contribution is 6.06. The van der Waals surface area contributed by atoms with Gasteiger partial charge in [-0.05, 0) is 76.3 Å². The molecule has 0 aromatic heterocycles. The van der Waals surface area contributed by atoms with Gasteiger partial charge in [0, 0.05) is 16.9 Å². The van der Waals surface area contributed by atoms with E-state index in [1.54, 1.807) is 0 Å². The van der Waals surface area contributed by atoms with E-state index in [4.69, 9.17) is 0 Å². The molecule has 0 saturated heterocycles. The summed E-state index contributed by atoms with van der Waals surface area (Å²) in [6, 6.07) is 46.0. The Kier molecular flexibility index (Phi) is 5.31. The Morgan fingerprint density at radius 1 is 0.429 bits per heavy atom. The van der Waals surface area contributed by atoms with Crippen LogP contribution in [0, 0.1) is 13.8 Å². The molecule has 0 amide bonds. The number of rotatable bonds is 4. The van der Waals surface area contributed by atoms with Crippen LogP contribution < -0.4 is 4.90 Å². The number of benzene rings is 6. The van der Waals surface area contributed by atoms with Gasteiger partial charge in [0.15, 0.2) is 0 Å². The van der Waals surface area contributed by atoms with Gasteiger partial charge in [-0.3, -0.25) is 0 Å². The maximum Gasteiger partial charge on any atom is 0.0546 e. The van der Waals surface area contributed by atoms with Crippen molar-refractivity contribution < 1.29 is 0 Å². The highest BCUT2D eigenvalue weighted by Gasteiger charge is 2.21.